The summed E-state index contributed by atoms with van der Waals surface area (Å²) in [6.45, 7) is 1.99. The Hall–Kier alpha value is -2.30. The summed E-state index contributed by atoms with van der Waals surface area (Å²) < 4.78 is 34.6. The summed E-state index contributed by atoms with van der Waals surface area (Å²) in [7, 11) is 0. The number of halogens is 2. The van der Waals surface area contributed by atoms with Crippen molar-refractivity contribution in [2.24, 2.45) is 0 Å². The SMILES string of the molecule is CC(Nc1ccc2c(c1)OC(F)(F)O2)c1ccccc1. The quantitative estimate of drug-likeness (QED) is 0.912. The van der Waals surface area contributed by atoms with Crippen LogP contribution in [-0.4, -0.2) is 6.29 Å². The molecule has 3 rings (SSSR count). The van der Waals surface area contributed by atoms with E-state index in [4.69, 9.17) is 0 Å². The number of nitrogens with one attached hydrogen (secondary N) is 1. The number of hydrogen-bond acceptors (Lipinski definition) is 3. The van der Waals surface area contributed by atoms with Crippen molar-refractivity contribution < 1.29 is 18.3 Å². The normalized spacial score (nSPS) is 16.8. The van der Waals surface area contributed by atoms with Crippen molar-refractivity contribution in [2.45, 2.75) is 19.3 Å². The minimum Gasteiger partial charge on any atom is -0.395 e. The Bertz CT molecular complexity index is 617. The van der Waals surface area contributed by atoms with Crippen molar-refractivity contribution in [3.8, 4) is 11.5 Å². The first-order chi connectivity index (χ1) is 9.53. The molecule has 20 heavy (non-hydrogen) atoms. The van der Waals surface area contributed by atoms with E-state index in [0.717, 1.165) is 5.56 Å². The molecule has 0 aromatic heterocycles. The lowest BCUT2D eigenvalue weighted by molar-refractivity contribution is -0.286. The highest BCUT2D eigenvalue weighted by Crippen LogP contribution is 2.42. The minimum absolute atomic E-state index is 0.0419. The molecule has 1 aliphatic rings. The Labute approximate surface area is 115 Å². The maximum atomic E-state index is 12.9. The summed E-state index contributed by atoms with van der Waals surface area (Å²) in [5.74, 6) is 0.0909. The van der Waals surface area contributed by atoms with E-state index in [0.29, 0.717) is 5.69 Å². The molecule has 1 unspecified atom stereocenters. The molecule has 0 saturated carbocycles. The molecule has 0 amide bonds. The van der Waals surface area contributed by atoms with Crippen LogP contribution in [0.15, 0.2) is 48.5 Å². The summed E-state index contributed by atoms with van der Waals surface area (Å²) in [6.07, 6.45) is -3.58. The smallest absolute Gasteiger partial charge is 0.395 e. The van der Waals surface area contributed by atoms with E-state index < -0.39 is 6.29 Å². The highest BCUT2D eigenvalue weighted by atomic mass is 19.3. The molecule has 2 aromatic carbocycles. The van der Waals surface area contributed by atoms with Crippen LogP contribution in [0.1, 0.15) is 18.5 Å². The fourth-order valence-corrected chi connectivity index (χ4v) is 2.11. The zero-order valence-corrected chi connectivity index (χ0v) is 10.8. The third-order valence-corrected chi connectivity index (χ3v) is 3.08. The molecule has 0 aliphatic carbocycles. The van der Waals surface area contributed by atoms with Gasteiger partial charge in [-0.15, -0.1) is 8.78 Å². The van der Waals surface area contributed by atoms with Crippen molar-refractivity contribution in [3.05, 3.63) is 54.1 Å². The number of hydrogen-bond donors (Lipinski definition) is 1. The van der Waals surface area contributed by atoms with Crippen molar-refractivity contribution >= 4 is 5.69 Å². The lowest BCUT2D eigenvalue weighted by Crippen LogP contribution is -2.25. The highest BCUT2D eigenvalue weighted by molar-refractivity contribution is 5.56. The Morgan fingerprint density at radius 3 is 2.45 bits per heavy atom. The van der Waals surface area contributed by atoms with Crippen LogP contribution in [0.25, 0.3) is 0 Å². The summed E-state index contributed by atoms with van der Waals surface area (Å²) in [5.41, 5.74) is 1.80. The van der Waals surface area contributed by atoms with Crippen LogP contribution >= 0.6 is 0 Å². The number of alkyl halides is 2. The van der Waals surface area contributed by atoms with Crippen LogP contribution in [0.5, 0.6) is 11.5 Å². The Morgan fingerprint density at radius 2 is 1.70 bits per heavy atom. The van der Waals surface area contributed by atoms with Gasteiger partial charge in [0.1, 0.15) is 0 Å². The first-order valence-electron chi connectivity index (χ1n) is 6.25. The molecule has 1 N–H and O–H groups in total. The maximum Gasteiger partial charge on any atom is 0.586 e. The van der Waals surface area contributed by atoms with Gasteiger partial charge in [-0.3, -0.25) is 0 Å². The molecule has 2 aromatic rings. The van der Waals surface area contributed by atoms with Gasteiger partial charge < -0.3 is 14.8 Å². The summed E-state index contributed by atoms with van der Waals surface area (Å²) in [6, 6.07) is 14.6. The monoisotopic (exact) mass is 277 g/mol. The molecule has 3 nitrogen and oxygen atoms in total. The fraction of sp³-hybridized carbons (Fsp3) is 0.200. The van der Waals surface area contributed by atoms with E-state index in [1.54, 1.807) is 6.07 Å². The third kappa shape index (κ3) is 2.52. The van der Waals surface area contributed by atoms with E-state index in [2.05, 4.69) is 14.8 Å². The number of benzene rings is 2. The first kappa shape index (κ1) is 12.7. The van der Waals surface area contributed by atoms with Gasteiger partial charge in [0, 0.05) is 17.8 Å². The molecule has 1 heterocycles. The lowest BCUT2D eigenvalue weighted by atomic mass is 10.1. The summed E-state index contributed by atoms with van der Waals surface area (Å²) in [4.78, 5) is 0. The molecule has 0 bridgehead atoms. The predicted molar refractivity (Wildman–Crippen MR) is 71.1 cm³/mol. The van der Waals surface area contributed by atoms with Crippen molar-refractivity contribution in [1.29, 1.82) is 0 Å². The van der Waals surface area contributed by atoms with Gasteiger partial charge in [-0.1, -0.05) is 30.3 Å². The molecule has 0 spiro atoms. The minimum atomic E-state index is -3.58. The average Bonchev–Trinajstić information content (AvgIpc) is 2.73. The Kier molecular flexibility index (Phi) is 2.97. The van der Waals surface area contributed by atoms with E-state index in [1.807, 2.05) is 37.3 Å². The van der Waals surface area contributed by atoms with Gasteiger partial charge in [-0.25, -0.2) is 0 Å². The van der Waals surface area contributed by atoms with Crippen LogP contribution in [0, 0.1) is 0 Å². The van der Waals surface area contributed by atoms with Crippen molar-refractivity contribution in [2.75, 3.05) is 5.32 Å². The van der Waals surface area contributed by atoms with Gasteiger partial charge in [-0.05, 0) is 24.6 Å². The predicted octanol–water partition coefficient (Wildman–Crippen LogP) is 4.18. The van der Waals surface area contributed by atoms with Gasteiger partial charge in [0.25, 0.3) is 0 Å². The topological polar surface area (TPSA) is 30.5 Å². The fourth-order valence-electron chi connectivity index (χ4n) is 2.11. The standard InChI is InChI=1S/C15H13F2NO2/c1-10(11-5-3-2-4-6-11)18-12-7-8-13-14(9-12)20-15(16,17)19-13/h2-10,18H,1H3. The summed E-state index contributed by atoms with van der Waals surface area (Å²) in [5, 5.41) is 3.23. The molecular weight excluding hydrogens is 264 g/mol. The van der Waals surface area contributed by atoms with Crippen LogP contribution < -0.4 is 14.8 Å². The second kappa shape index (κ2) is 4.67. The summed E-state index contributed by atoms with van der Waals surface area (Å²) >= 11 is 0. The number of rotatable bonds is 3. The van der Waals surface area contributed by atoms with E-state index in [-0.39, 0.29) is 17.5 Å². The molecule has 0 radical (unpaired) electrons. The zero-order valence-electron chi connectivity index (χ0n) is 10.8. The van der Waals surface area contributed by atoms with Gasteiger partial charge in [-0.2, -0.15) is 0 Å². The van der Waals surface area contributed by atoms with Crippen molar-refractivity contribution in [1.82, 2.24) is 0 Å². The largest absolute Gasteiger partial charge is 0.586 e. The van der Waals surface area contributed by atoms with Crippen molar-refractivity contribution in [3.63, 3.8) is 0 Å². The number of ether oxygens (including phenoxy) is 2. The molecular formula is C15H13F2NO2. The van der Waals surface area contributed by atoms with Crippen LogP contribution in [0.2, 0.25) is 0 Å². The Balaban J connectivity index is 1.77. The zero-order chi connectivity index (χ0) is 14.2. The van der Waals surface area contributed by atoms with Gasteiger partial charge in [0.15, 0.2) is 11.5 Å². The van der Waals surface area contributed by atoms with Gasteiger partial charge in [0.2, 0.25) is 0 Å². The number of fused-ring (bicyclic) bond motifs is 1. The highest BCUT2D eigenvalue weighted by Gasteiger charge is 2.43. The van der Waals surface area contributed by atoms with Crippen LogP contribution in [0.4, 0.5) is 14.5 Å². The second-order valence-electron chi connectivity index (χ2n) is 4.61. The van der Waals surface area contributed by atoms with Gasteiger partial charge >= 0.3 is 6.29 Å². The van der Waals surface area contributed by atoms with E-state index in [9.17, 15) is 8.78 Å². The third-order valence-electron chi connectivity index (χ3n) is 3.08. The average molecular weight is 277 g/mol. The molecule has 104 valence electrons. The van der Waals surface area contributed by atoms with Gasteiger partial charge in [0.05, 0.1) is 0 Å². The molecule has 1 atom stereocenters. The van der Waals surface area contributed by atoms with E-state index >= 15 is 0 Å². The Morgan fingerprint density at radius 1 is 1.00 bits per heavy atom. The van der Waals surface area contributed by atoms with Crippen LogP contribution in [-0.2, 0) is 0 Å². The molecule has 0 fully saturated rings. The number of anilines is 1. The lowest BCUT2D eigenvalue weighted by Gasteiger charge is -2.15. The van der Waals surface area contributed by atoms with Crippen LogP contribution in [0.3, 0.4) is 0 Å². The first-order valence-corrected chi connectivity index (χ1v) is 6.25. The molecule has 0 saturated heterocycles. The second-order valence-corrected chi connectivity index (χ2v) is 4.61. The maximum absolute atomic E-state index is 12.9. The molecule has 5 heteroatoms. The van der Waals surface area contributed by atoms with E-state index in [1.165, 1.54) is 12.1 Å². The molecule has 1 aliphatic heterocycles.